The molecule has 24 heavy (non-hydrogen) atoms. The van der Waals surface area contributed by atoms with Crippen LogP contribution in [0, 0.1) is 6.92 Å². The molecule has 0 atom stereocenters. The minimum absolute atomic E-state index is 0.258. The third kappa shape index (κ3) is 2.92. The number of hydrogen-bond acceptors (Lipinski definition) is 2. The van der Waals surface area contributed by atoms with Gasteiger partial charge in [-0.2, -0.15) is 0 Å². The Hall–Kier alpha value is -2.60. The molecule has 1 N–H and O–H groups in total. The summed E-state index contributed by atoms with van der Waals surface area (Å²) in [4.78, 5) is 25.2. The van der Waals surface area contributed by atoms with Gasteiger partial charge in [0.1, 0.15) is 5.69 Å². The lowest BCUT2D eigenvalue weighted by molar-refractivity contribution is 0.102. The van der Waals surface area contributed by atoms with Crippen molar-refractivity contribution in [2.75, 3.05) is 5.32 Å². The Kier molecular flexibility index (Phi) is 4.40. The zero-order valence-electron chi connectivity index (χ0n) is 13.3. The van der Waals surface area contributed by atoms with Crippen LogP contribution in [0.15, 0.2) is 63.9 Å². The second kappa shape index (κ2) is 6.49. The predicted molar refractivity (Wildman–Crippen MR) is 97.8 cm³/mol. The van der Waals surface area contributed by atoms with Gasteiger partial charge >= 0.3 is 0 Å². The standard InChI is InChI=1S/C18H16BrN3O2/c1-12-16(20-17(23)13-8-10-14(19)11-9-13)18(24)22(21(12)2)15-6-4-3-5-7-15/h3-11H,1-2H3,(H,20,23). The number of para-hydroxylation sites is 1. The van der Waals surface area contributed by atoms with Gasteiger partial charge in [0.2, 0.25) is 0 Å². The Labute approximate surface area is 147 Å². The van der Waals surface area contributed by atoms with Crippen LogP contribution in [0.2, 0.25) is 0 Å². The van der Waals surface area contributed by atoms with E-state index < -0.39 is 0 Å². The average Bonchev–Trinajstić information content (AvgIpc) is 2.80. The second-order valence-corrected chi connectivity index (χ2v) is 6.31. The molecule has 1 amide bonds. The van der Waals surface area contributed by atoms with Gasteiger partial charge in [0.05, 0.1) is 11.4 Å². The molecular weight excluding hydrogens is 370 g/mol. The first-order valence-corrected chi connectivity index (χ1v) is 8.19. The molecule has 0 saturated carbocycles. The zero-order valence-corrected chi connectivity index (χ0v) is 14.9. The fourth-order valence-corrected chi connectivity index (χ4v) is 2.76. The van der Waals surface area contributed by atoms with Gasteiger partial charge in [-0.15, -0.1) is 0 Å². The highest BCUT2D eigenvalue weighted by molar-refractivity contribution is 9.10. The molecule has 0 radical (unpaired) electrons. The molecule has 0 aliphatic carbocycles. The van der Waals surface area contributed by atoms with E-state index in [0.29, 0.717) is 11.3 Å². The van der Waals surface area contributed by atoms with E-state index in [1.54, 1.807) is 42.9 Å². The van der Waals surface area contributed by atoms with Crippen LogP contribution in [0.3, 0.4) is 0 Å². The van der Waals surface area contributed by atoms with Crippen molar-refractivity contribution >= 4 is 27.5 Å². The van der Waals surface area contributed by atoms with E-state index in [1.807, 2.05) is 30.3 Å². The van der Waals surface area contributed by atoms with Crippen LogP contribution in [-0.4, -0.2) is 15.3 Å². The summed E-state index contributed by atoms with van der Waals surface area (Å²) in [6.45, 7) is 1.80. The van der Waals surface area contributed by atoms with Crippen molar-refractivity contribution in [1.29, 1.82) is 0 Å². The molecule has 0 saturated heterocycles. The Bertz CT molecular complexity index is 941. The monoisotopic (exact) mass is 385 g/mol. The minimum Gasteiger partial charge on any atom is -0.316 e. The molecule has 3 rings (SSSR count). The van der Waals surface area contributed by atoms with E-state index in [-0.39, 0.29) is 17.2 Å². The number of benzene rings is 2. The fraction of sp³-hybridized carbons (Fsp3) is 0.111. The first-order chi connectivity index (χ1) is 11.5. The number of nitrogens with one attached hydrogen (secondary N) is 1. The molecule has 1 heterocycles. The van der Waals surface area contributed by atoms with Crippen molar-refractivity contribution in [3.63, 3.8) is 0 Å². The van der Waals surface area contributed by atoms with Crippen LogP contribution in [-0.2, 0) is 7.05 Å². The van der Waals surface area contributed by atoms with Crippen LogP contribution in [0.5, 0.6) is 0 Å². The number of aromatic nitrogens is 2. The summed E-state index contributed by atoms with van der Waals surface area (Å²) < 4.78 is 4.16. The lowest BCUT2D eigenvalue weighted by atomic mass is 10.2. The average molecular weight is 386 g/mol. The number of halogens is 1. The summed E-state index contributed by atoms with van der Waals surface area (Å²) in [6.07, 6.45) is 0. The van der Waals surface area contributed by atoms with Crippen molar-refractivity contribution in [2.24, 2.45) is 7.05 Å². The highest BCUT2D eigenvalue weighted by Crippen LogP contribution is 2.16. The van der Waals surface area contributed by atoms with E-state index in [2.05, 4.69) is 21.2 Å². The van der Waals surface area contributed by atoms with Crippen molar-refractivity contribution in [1.82, 2.24) is 9.36 Å². The quantitative estimate of drug-likeness (QED) is 0.749. The first kappa shape index (κ1) is 16.3. The normalized spacial score (nSPS) is 10.6. The van der Waals surface area contributed by atoms with Crippen LogP contribution >= 0.6 is 15.9 Å². The van der Waals surface area contributed by atoms with E-state index in [0.717, 1.165) is 10.2 Å². The molecule has 1 aromatic heterocycles. The lowest BCUT2D eigenvalue weighted by Gasteiger charge is -2.07. The summed E-state index contributed by atoms with van der Waals surface area (Å²) in [7, 11) is 1.79. The summed E-state index contributed by atoms with van der Waals surface area (Å²) in [5, 5.41) is 2.74. The summed E-state index contributed by atoms with van der Waals surface area (Å²) in [6, 6.07) is 16.3. The summed E-state index contributed by atoms with van der Waals surface area (Å²) in [5.74, 6) is -0.312. The minimum atomic E-state index is -0.312. The molecule has 122 valence electrons. The second-order valence-electron chi connectivity index (χ2n) is 5.40. The lowest BCUT2D eigenvalue weighted by Crippen LogP contribution is -2.22. The third-order valence-electron chi connectivity index (χ3n) is 3.90. The number of carbonyl (C=O) groups excluding carboxylic acids is 1. The smallest absolute Gasteiger partial charge is 0.295 e. The zero-order chi connectivity index (χ0) is 17.3. The molecule has 6 heteroatoms. The molecule has 0 aliphatic heterocycles. The maximum absolute atomic E-state index is 12.8. The molecule has 0 spiro atoms. The van der Waals surface area contributed by atoms with Gasteiger partial charge in [-0.05, 0) is 43.3 Å². The van der Waals surface area contributed by atoms with Crippen LogP contribution in [0.25, 0.3) is 5.69 Å². The Balaban J connectivity index is 1.99. The Morgan fingerprint density at radius 2 is 1.67 bits per heavy atom. The van der Waals surface area contributed by atoms with Crippen LogP contribution < -0.4 is 10.9 Å². The van der Waals surface area contributed by atoms with E-state index >= 15 is 0 Å². The number of amides is 1. The topological polar surface area (TPSA) is 56.0 Å². The molecule has 3 aromatic rings. The van der Waals surface area contributed by atoms with E-state index in [9.17, 15) is 9.59 Å². The number of anilines is 1. The number of nitrogens with zero attached hydrogens (tertiary/aromatic N) is 2. The molecular formula is C18H16BrN3O2. The van der Waals surface area contributed by atoms with Gasteiger partial charge in [-0.3, -0.25) is 14.3 Å². The largest absolute Gasteiger partial charge is 0.316 e. The van der Waals surface area contributed by atoms with Crippen LogP contribution in [0.4, 0.5) is 5.69 Å². The molecule has 0 bridgehead atoms. The number of rotatable bonds is 3. The van der Waals surface area contributed by atoms with Crippen molar-refractivity contribution < 1.29 is 4.79 Å². The molecule has 0 aliphatic rings. The molecule has 0 fully saturated rings. The van der Waals surface area contributed by atoms with Gasteiger partial charge in [0.25, 0.3) is 11.5 Å². The van der Waals surface area contributed by atoms with Gasteiger partial charge in [-0.25, -0.2) is 4.68 Å². The maximum atomic E-state index is 12.8. The predicted octanol–water partition coefficient (Wildman–Crippen LogP) is 3.50. The van der Waals surface area contributed by atoms with Crippen molar-refractivity contribution in [2.45, 2.75) is 6.92 Å². The summed E-state index contributed by atoms with van der Waals surface area (Å²) >= 11 is 3.33. The number of carbonyl (C=O) groups is 1. The van der Waals surface area contributed by atoms with E-state index in [4.69, 9.17) is 0 Å². The summed E-state index contributed by atoms with van der Waals surface area (Å²) in [5.41, 5.74) is 1.96. The van der Waals surface area contributed by atoms with Crippen molar-refractivity contribution in [3.8, 4) is 5.69 Å². The Morgan fingerprint density at radius 3 is 2.29 bits per heavy atom. The first-order valence-electron chi connectivity index (χ1n) is 7.40. The Morgan fingerprint density at radius 1 is 1.04 bits per heavy atom. The van der Waals surface area contributed by atoms with Gasteiger partial charge in [0.15, 0.2) is 0 Å². The van der Waals surface area contributed by atoms with Crippen molar-refractivity contribution in [3.05, 3.63) is 80.7 Å². The van der Waals surface area contributed by atoms with Gasteiger partial charge in [-0.1, -0.05) is 34.1 Å². The van der Waals surface area contributed by atoms with E-state index in [1.165, 1.54) is 4.68 Å². The molecule has 2 aromatic carbocycles. The van der Waals surface area contributed by atoms with Gasteiger partial charge < -0.3 is 5.32 Å². The van der Waals surface area contributed by atoms with Gasteiger partial charge in [0, 0.05) is 17.1 Å². The SMILES string of the molecule is Cc1c(NC(=O)c2ccc(Br)cc2)c(=O)n(-c2ccccc2)n1C. The highest BCUT2D eigenvalue weighted by atomic mass is 79.9. The molecule has 0 unspecified atom stereocenters. The third-order valence-corrected chi connectivity index (χ3v) is 4.43. The number of hydrogen-bond donors (Lipinski definition) is 1. The van der Waals surface area contributed by atoms with Crippen LogP contribution in [0.1, 0.15) is 16.1 Å². The highest BCUT2D eigenvalue weighted by Gasteiger charge is 2.18. The molecule has 5 nitrogen and oxygen atoms in total. The fourth-order valence-electron chi connectivity index (χ4n) is 2.50. The maximum Gasteiger partial charge on any atom is 0.295 e.